The van der Waals surface area contributed by atoms with Gasteiger partial charge >= 0.3 is 12.6 Å². The van der Waals surface area contributed by atoms with Crippen molar-refractivity contribution in [3.63, 3.8) is 0 Å². The van der Waals surface area contributed by atoms with E-state index in [4.69, 9.17) is 11.6 Å². The molecule has 3 nitrogen and oxygen atoms in total. The molecular weight excluding hydrogens is 321 g/mol. The Morgan fingerprint density at radius 1 is 1.53 bits per heavy atom. The van der Waals surface area contributed by atoms with Gasteiger partial charge in [-0.25, -0.2) is 4.79 Å². The van der Waals surface area contributed by atoms with E-state index < -0.39 is 12.6 Å². The standard InChI is InChI=1S/C10H8BrClF2O3/c1-16-9(15)7-3-6(17-10(13)14)2-5(4-11)8(7)12/h2-3,10H,4H2,1H3. The van der Waals surface area contributed by atoms with E-state index in [1.807, 2.05) is 0 Å². The first-order chi connectivity index (χ1) is 7.99. The molecule has 0 aliphatic carbocycles. The van der Waals surface area contributed by atoms with Gasteiger partial charge in [0.15, 0.2) is 0 Å². The van der Waals surface area contributed by atoms with Crippen molar-refractivity contribution in [3.8, 4) is 5.75 Å². The first-order valence-corrected chi connectivity index (χ1v) is 5.91. The van der Waals surface area contributed by atoms with Gasteiger partial charge in [-0.15, -0.1) is 0 Å². The van der Waals surface area contributed by atoms with Crippen molar-refractivity contribution >= 4 is 33.5 Å². The van der Waals surface area contributed by atoms with E-state index in [9.17, 15) is 13.6 Å². The Morgan fingerprint density at radius 3 is 2.65 bits per heavy atom. The number of rotatable bonds is 4. The molecule has 1 aromatic rings. The van der Waals surface area contributed by atoms with Gasteiger partial charge < -0.3 is 9.47 Å². The van der Waals surface area contributed by atoms with E-state index in [1.165, 1.54) is 13.2 Å². The molecule has 0 fully saturated rings. The number of hydrogen-bond donors (Lipinski definition) is 0. The molecule has 17 heavy (non-hydrogen) atoms. The molecule has 0 aliphatic heterocycles. The van der Waals surface area contributed by atoms with Crippen LogP contribution < -0.4 is 4.74 Å². The highest BCUT2D eigenvalue weighted by molar-refractivity contribution is 9.08. The van der Waals surface area contributed by atoms with Gasteiger partial charge in [-0.1, -0.05) is 27.5 Å². The first kappa shape index (κ1) is 14.2. The molecule has 0 spiro atoms. The zero-order valence-electron chi connectivity index (χ0n) is 8.68. The Hall–Kier alpha value is -0.880. The van der Waals surface area contributed by atoms with E-state index in [1.54, 1.807) is 0 Å². The van der Waals surface area contributed by atoms with E-state index in [2.05, 4.69) is 25.4 Å². The fraction of sp³-hybridized carbons (Fsp3) is 0.300. The van der Waals surface area contributed by atoms with Crippen molar-refractivity contribution in [1.29, 1.82) is 0 Å². The van der Waals surface area contributed by atoms with Gasteiger partial charge in [0, 0.05) is 5.33 Å². The summed E-state index contributed by atoms with van der Waals surface area (Å²) in [5, 5.41) is 0.450. The number of benzene rings is 1. The van der Waals surface area contributed by atoms with Crippen LogP contribution in [0.1, 0.15) is 15.9 Å². The Kier molecular flexibility index (Phi) is 5.14. The summed E-state index contributed by atoms with van der Waals surface area (Å²) in [7, 11) is 1.17. The average Bonchev–Trinajstić information content (AvgIpc) is 2.29. The van der Waals surface area contributed by atoms with E-state index >= 15 is 0 Å². The third-order valence-corrected chi connectivity index (χ3v) is 2.95. The van der Waals surface area contributed by atoms with Crippen molar-refractivity contribution < 1.29 is 23.0 Å². The molecule has 0 unspecified atom stereocenters. The Bertz CT molecular complexity index is 426. The van der Waals surface area contributed by atoms with Crippen LogP contribution in [0.5, 0.6) is 5.75 Å². The van der Waals surface area contributed by atoms with Crippen molar-refractivity contribution in [3.05, 3.63) is 28.3 Å². The van der Waals surface area contributed by atoms with Gasteiger partial charge in [0.05, 0.1) is 17.7 Å². The number of methoxy groups -OCH3 is 1. The van der Waals surface area contributed by atoms with Crippen LogP contribution in [0.3, 0.4) is 0 Å². The molecular formula is C10H8BrClF2O3. The monoisotopic (exact) mass is 328 g/mol. The second-order valence-electron chi connectivity index (χ2n) is 2.95. The zero-order valence-corrected chi connectivity index (χ0v) is 11.0. The first-order valence-electron chi connectivity index (χ1n) is 4.41. The minimum atomic E-state index is -2.97. The normalized spacial score (nSPS) is 10.5. The van der Waals surface area contributed by atoms with E-state index in [0.29, 0.717) is 10.9 Å². The lowest BCUT2D eigenvalue weighted by Crippen LogP contribution is -2.07. The highest BCUT2D eigenvalue weighted by Gasteiger charge is 2.17. The molecule has 1 aromatic carbocycles. The fourth-order valence-electron chi connectivity index (χ4n) is 1.18. The number of halogens is 4. The molecule has 0 atom stereocenters. The zero-order chi connectivity index (χ0) is 13.0. The molecule has 0 amide bonds. The average molecular weight is 330 g/mol. The molecule has 1 rings (SSSR count). The molecule has 0 saturated heterocycles. The third kappa shape index (κ3) is 3.54. The highest BCUT2D eigenvalue weighted by atomic mass is 79.9. The van der Waals surface area contributed by atoms with E-state index in [-0.39, 0.29) is 16.3 Å². The lowest BCUT2D eigenvalue weighted by molar-refractivity contribution is -0.0499. The Labute approximate surface area is 110 Å². The quantitative estimate of drug-likeness (QED) is 0.625. The van der Waals surface area contributed by atoms with Gasteiger partial charge in [-0.2, -0.15) is 8.78 Å². The van der Waals surface area contributed by atoms with Crippen LogP contribution in [-0.2, 0) is 10.1 Å². The minimum absolute atomic E-state index is 0.0123. The van der Waals surface area contributed by atoms with Crippen LogP contribution in [0.15, 0.2) is 12.1 Å². The molecule has 0 N–H and O–H groups in total. The van der Waals surface area contributed by atoms with Crippen LogP contribution in [0.2, 0.25) is 5.02 Å². The number of hydrogen-bond acceptors (Lipinski definition) is 3. The van der Waals surface area contributed by atoms with Crippen LogP contribution in [0.25, 0.3) is 0 Å². The number of ether oxygens (including phenoxy) is 2. The summed E-state index contributed by atoms with van der Waals surface area (Å²) in [5.41, 5.74) is 0.451. The van der Waals surface area contributed by atoms with Crippen LogP contribution in [0, 0.1) is 0 Å². The second-order valence-corrected chi connectivity index (χ2v) is 3.89. The van der Waals surface area contributed by atoms with Gasteiger partial charge in [0.2, 0.25) is 0 Å². The summed E-state index contributed by atoms with van der Waals surface area (Å²) in [6.45, 7) is -2.97. The molecule has 0 radical (unpaired) electrons. The number of carbonyl (C=O) groups is 1. The van der Waals surface area contributed by atoms with Gasteiger partial charge in [-0.05, 0) is 17.7 Å². The number of esters is 1. The number of alkyl halides is 3. The fourth-order valence-corrected chi connectivity index (χ4v) is 2.04. The minimum Gasteiger partial charge on any atom is -0.465 e. The van der Waals surface area contributed by atoms with Crippen LogP contribution >= 0.6 is 27.5 Å². The molecule has 0 aliphatic rings. The van der Waals surface area contributed by atoms with Gasteiger partial charge in [0.1, 0.15) is 5.75 Å². The van der Waals surface area contributed by atoms with E-state index in [0.717, 1.165) is 6.07 Å². The topological polar surface area (TPSA) is 35.5 Å². The third-order valence-electron chi connectivity index (χ3n) is 1.90. The van der Waals surface area contributed by atoms with Gasteiger partial charge in [0.25, 0.3) is 0 Å². The summed E-state index contributed by atoms with van der Waals surface area (Å²) in [4.78, 5) is 11.4. The van der Waals surface area contributed by atoms with Crippen molar-refractivity contribution in [2.75, 3.05) is 7.11 Å². The second kappa shape index (κ2) is 6.16. The SMILES string of the molecule is COC(=O)c1cc(OC(F)F)cc(CBr)c1Cl. The molecule has 0 bridgehead atoms. The predicted octanol–water partition coefficient (Wildman–Crippen LogP) is 3.62. The summed E-state index contributed by atoms with van der Waals surface area (Å²) < 4.78 is 32.9. The largest absolute Gasteiger partial charge is 0.465 e. The van der Waals surface area contributed by atoms with Crippen molar-refractivity contribution in [2.45, 2.75) is 11.9 Å². The maximum absolute atomic E-state index is 12.1. The summed E-state index contributed by atoms with van der Waals surface area (Å²) in [6.07, 6.45) is 0. The summed E-state index contributed by atoms with van der Waals surface area (Å²) in [6, 6.07) is 2.45. The predicted molar refractivity (Wildman–Crippen MR) is 62.1 cm³/mol. The molecule has 0 heterocycles. The van der Waals surface area contributed by atoms with Crippen molar-refractivity contribution in [1.82, 2.24) is 0 Å². The lowest BCUT2D eigenvalue weighted by atomic mass is 10.1. The van der Waals surface area contributed by atoms with Crippen LogP contribution in [-0.4, -0.2) is 19.7 Å². The maximum Gasteiger partial charge on any atom is 0.387 e. The number of carbonyl (C=O) groups excluding carboxylic acids is 1. The molecule has 94 valence electrons. The molecule has 7 heteroatoms. The molecule has 0 saturated carbocycles. The van der Waals surface area contributed by atoms with Crippen molar-refractivity contribution in [2.24, 2.45) is 0 Å². The van der Waals surface area contributed by atoms with Crippen LogP contribution in [0.4, 0.5) is 8.78 Å². The molecule has 0 aromatic heterocycles. The smallest absolute Gasteiger partial charge is 0.387 e. The summed E-state index contributed by atoms with van der Waals surface area (Å²) in [5.74, 6) is -0.851. The Balaban J connectivity index is 3.23. The lowest BCUT2D eigenvalue weighted by Gasteiger charge is -2.11. The van der Waals surface area contributed by atoms with Gasteiger partial charge in [-0.3, -0.25) is 0 Å². The maximum atomic E-state index is 12.1. The highest BCUT2D eigenvalue weighted by Crippen LogP contribution is 2.30. The Morgan fingerprint density at radius 2 is 2.18 bits per heavy atom. The summed E-state index contributed by atoms with van der Waals surface area (Å²) >= 11 is 9.05.